The zero-order valence-electron chi connectivity index (χ0n) is 5.92. The first-order valence-corrected chi connectivity index (χ1v) is 2.94. The Kier molecular flexibility index (Phi) is 3.49. The van der Waals surface area contributed by atoms with E-state index in [4.69, 9.17) is 10.8 Å². The first-order valence-electron chi connectivity index (χ1n) is 2.94. The van der Waals surface area contributed by atoms with Crippen LogP contribution in [-0.4, -0.2) is 23.7 Å². The van der Waals surface area contributed by atoms with E-state index in [1.54, 1.807) is 6.92 Å². The monoisotopic (exact) mass is 144 g/mol. The summed E-state index contributed by atoms with van der Waals surface area (Å²) in [4.78, 5) is 10.6. The Bertz CT molecular complexity index is 143. The lowest BCUT2D eigenvalue weighted by Gasteiger charge is -2.05. The van der Waals surface area contributed by atoms with Gasteiger partial charge in [-0.05, 0) is 6.92 Å². The number of nitrogens with two attached hydrogens (primary N) is 1. The largest absolute Gasteiger partial charge is 0.395 e. The first kappa shape index (κ1) is 8.97. The van der Waals surface area contributed by atoms with Gasteiger partial charge in [0, 0.05) is 6.54 Å². The maximum Gasteiger partial charge on any atom is 0.266 e. The lowest BCUT2D eigenvalue weighted by atomic mass is 10.4. The molecule has 10 heavy (non-hydrogen) atoms. The zero-order chi connectivity index (χ0) is 8.15. The molecule has 4 nitrogen and oxygen atoms in total. The molecule has 0 fully saturated rings. The van der Waals surface area contributed by atoms with Crippen LogP contribution in [0.5, 0.6) is 0 Å². The van der Waals surface area contributed by atoms with Crippen molar-refractivity contribution in [1.82, 2.24) is 5.32 Å². The van der Waals surface area contributed by atoms with Gasteiger partial charge in [0.1, 0.15) is 0 Å². The molecule has 4 N–H and O–H groups in total. The Balaban J connectivity index is 3.50. The summed E-state index contributed by atoms with van der Waals surface area (Å²) < 4.78 is 0. The van der Waals surface area contributed by atoms with Gasteiger partial charge in [-0.1, -0.05) is 6.58 Å². The van der Waals surface area contributed by atoms with Crippen LogP contribution in [0.4, 0.5) is 0 Å². The fraction of sp³-hybridized carbons (Fsp3) is 0.500. The molecule has 0 aliphatic carbocycles. The van der Waals surface area contributed by atoms with Crippen LogP contribution in [0.2, 0.25) is 0 Å². The number of rotatable bonds is 3. The third-order valence-corrected chi connectivity index (χ3v) is 0.850. The van der Waals surface area contributed by atoms with Gasteiger partial charge >= 0.3 is 0 Å². The van der Waals surface area contributed by atoms with Gasteiger partial charge in [0.25, 0.3) is 5.91 Å². The van der Waals surface area contributed by atoms with E-state index in [-0.39, 0.29) is 12.2 Å². The molecular formula is C6H12N2O2. The van der Waals surface area contributed by atoms with E-state index < -0.39 is 12.0 Å². The molecule has 58 valence electrons. The van der Waals surface area contributed by atoms with Crippen LogP contribution in [0.1, 0.15) is 6.92 Å². The standard InChI is InChI=1S/C6H12N2O2/c1-4(9)3-8-6(10)5(2)7/h4,9H,2-3,7H2,1H3,(H,8,10). The maximum atomic E-state index is 10.6. The van der Waals surface area contributed by atoms with Gasteiger partial charge in [0.2, 0.25) is 0 Å². The summed E-state index contributed by atoms with van der Waals surface area (Å²) in [6.45, 7) is 4.99. The fourth-order valence-corrected chi connectivity index (χ4v) is 0.354. The quantitative estimate of drug-likeness (QED) is 0.443. The minimum atomic E-state index is -0.553. The first-order chi connectivity index (χ1) is 4.54. The number of aliphatic hydroxyl groups excluding tert-OH is 1. The minimum absolute atomic E-state index is 0.0411. The molecule has 0 saturated carbocycles. The molecule has 4 heteroatoms. The normalized spacial score (nSPS) is 12.2. The number of hydrogen-bond donors (Lipinski definition) is 3. The number of carbonyl (C=O) groups is 1. The molecule has 0 aromatic rings. The van der Waals surface area contributed by atoms with Crippen LogP contribution < -0.4 is 11.1 Å². The highest BCUT2D eigenvalue weighted by Crippen LogP contribution is 1.78. The van der Waals surface area contributed by atoms with E-state index in [0.717, 1.165) is 0 Å². The molecule has 1 amide bonds. The van der Waals surface area contributed by atoms with Gasteiger partial charge in [-0.25, -0.2) is 0 Å². The van der Waals surface area contributed by atoms with Crippen molar-refractivity contribution in [2.75, 3.05) is 6.54 Å². The Morgan fingerprint density at radius 3 is 2.70 bits per heavy atom. The average Bonchev–Trinajstić information content (AvgIpc) is 1.82. The Labute approximate surface area is 59.7 Å². The van der Waals surface area contributed by atoms with Crippen LogP contribution in [0.15, 0.2) is 12.3 Å². The van der Waals surface area contributed by atoms with E-state index in [9.17, 15) is 4.79 Å². The molecule has 0 bridgehead atoms. The van der Waals surface area contributed by atoms with E-state index >= 15 is 0 Å². The molecule has 0 aliphatic heterocycles. The fourth-order valence-electron chi connectivity index (χ4n) is 0.354. The van der Waals surface area contributed by atoms with Crippen LogP contribution in [-0.2, 0) is 4.79 Å². The molecule has 1 atom stereocenters. The highest BCUT2D eigenvalue weighted by atomic mass is 16.3. The molecule has 0 spiro atoms. The number of carbonyl (C=O) groups excluding carboxylic acids is 1. The number of hydrogen-bond acceptors (Lipinski definition) is 3. The predicted octanol–water partition coefficient (Wildman–Crippen LogP) is -1.04. The molecule has 0 saturated heterocycles. The summed E-state index contributed by atoms with van der Waals surface area (Å²) in [5, 5.41) is 11.1. The Hall–Kier alpha value is -1.03. The summed E-state index contributed by atoms with van der Waals surface area (Å²) in [6, 6.07) is 0. The minimum Gasteiger partial charge on any atom is -0.395 e. The van der Waals surface area contributed by atoms with E-state index in [0.29, 0.717) is 0 Å². The van der Waals surface area contributed by atoms with Gasteiger partial charge < -0.3 is 16.2 Å². The molecular weight excluding hydrogens is 132 g/mol. The SMILES string of the molecule is C=C(N)C(=O)NCC(C)O. The van der Waals surface area contributed by atoms with Crippen LogP contribution in [0.3, 0.4) is 0 Å². The van der Waals surface area contributed by atoms with Crippen LogP contribution >= 0.6 is 0 Å². The third kappa shape index (κ3) is 3.91. The maximum absolute atomic E-state index is 10.6. The lowest BCUT2D eigenvalue weighted by Crippen LogP contribution is -2.33. The lowest BCUT2D eigenvalue weighted by molar-refractivity contribution is -0.117. The van der Waals surface area contributed by atoms with Crippen molar-refractivity contribution in [1.29, 1.82) is 0 Å². The summed E-state index contributed by atoms with van der Waals surface area (Å²) in [5.41, 5.74) is 4.99. The average molecular weight is 144 g/mol. The highest BCUT2D eigenvalue weighted by molar-refractivity contribution is 5.91. The van der Waals surface area contributed by atoms with Crippen LogP contribution in [0, 0.1) is 0 Å². The molecule has 0 aromatic carbocycles. The molecule has 0 heterocycles. The van der Waals surface area contributed by atoms with Gasteiger partial charge in [-0.3, -0.25) is 4.79 Å². The molecule has 0 aliphatic rings. The highest BCUT2D eigenvalue weighted by Gasteiger charge is 2.02. The number of amides is 1. The van der Waals surface area contributed by atoms with Gasteiger partial charge in [0.05, 0.1) is 11.8 Å². The van der Waals surface area contributed by atoms with Crippen molar-refractivity contribution >= 4 is 5.91 Å². The van der Waals surface area contributed by atoms with Gasteiger partial charge in [-0.2, -0.15) is 0 Å². The Morgan fingerprint density at radius 1 is 1.90 bits per heavy atom. The smallest absolute Gasteiger partial charge is 0.266 e. The third-order valence-electron chi connectivity index (χ3n) is 0.850. The second-order valence-corrected chi connectivity index (χ2v) is 2.08. The predicted molar refractivity (Wildman–Crippen MR) is 38.0 cm³/mol. The van der Waals surface area contributed by atoms with E-state index in [1.807, 2.05) is 0 Å². The van der Waals surface area contributed by atoms with E-state index in [1.165, 1.54) is 0 Å². The van der Waals surface area contributed by atoms with E-state index in [2.05, 4.69) is 11.9 Å². The molecule has 0 rings (SSSR count). The summed E-state index contributed by atoms with van der Waals surface area (Å²) in [5.74, 6) is -0.430. The second kappa shape index (κ2) is 3.90. The number of nitrogens with one attached hydrogen (secondary N) is 1. The molecule has 0 aromatic heterocycles. The van der Waals surface area contributed by atoms with Gasteiger partial charge in [0.15, 0.2) is 0 Å². The summed E-state index contributed by atoms with van der Waals surface area (Å²) >= 11 is 0. The van der Waals surface area contributed by atoms with Crippen molar-refractivity contribution < 1.29 is 9.90 Å². The Morgan fingerprint density at radius 2 is 2.40 bits per heavy atom. The van der Waals surface area contributed by atoms with Gasteiger partial charge in [-0.15, -0.1) is 0 Å². The van der Waals surface area contributed by atoms with Crippen molar-refractivity contribution in [2.24, 2.45) is 5.73 Å². The molecule has 1 unspecified atom stereocenters. The van der Waals surface area contributed by atoms with Crippen molar-refractivity contribution in [3.05, 3.63) is 12.3 Å². The summed E-state index contributed by atoms with van der Waals surface area (Å²) in [7, 11) is 0. The van der Waals surface area contributed by atoms with Crippen molar-refractivity contribution in [2.45, 2.75) is 13.0 Å². The second-order valence-electron chi connectivity index (χ2n) is 2.08. The number of aliphatic hydroxyl groups is 1. The van der Waals surface area contributed by atoms with Crippen LogP contribution in [0.25, 0.3) is 0 Å². The summed E-state index contributed by atoms with van der Waals surface area (Å²) in [6.07, 6.45) is -0.553. The van der Waals surface area contributed by atoms with Crippen molar-refractivity contribution in [3.63, 3.8) is 0 Å². The molecule has 0 radical (unpaired) electrons. The zero-order valence-corrected chi connectivity index (χ0v) is 5.92. The van der Waals surface area contributed by atoms with Crippen molar-refractivity contribution in [3.8, 4) is 0 Å². The topological polar surface area (TPSA) is 75.4 Å².